The van der Waals surface area contributed by atoms with Gasteiger partial charge in [0.1, 0.15) is 0 Å². The molecule has 3 aromatic rings. The van der Waals surface area contributed by atoms with Crippen molar-refractivity contribution in [2.45, 2.75) is 44.8 Å². The SMILES string of the molecule is CI(C)N1CCCC(OC(=O)Nc2cc(CCCC(=O)Nc3ccc(CO)cc3)ccc2-c2ccccc2)C1. The third-order valence-corrected chi connectivity index (χ3v) is 10.4. The zero-order valence-electron chi connectivity index (χ0n) is 22.7. The molecule has 3 N–H and O–H groups in total. The Hall–Kier alpha value is -2.95. The summed E-state index contributed by atoms with van der Waals surface area (Å²) in [4.78, 5) is 30.0. The number of nitrogens with one attached hydrogen (secondary N) is 2. The number of nitrogens with zero attached hydrogens (tertiary/aromatic N) is 1. The predicted octanol–water partition coefficient (Wildman–Crippen LogP) is 6.50. The zero-order chi connectivity index (χ0) is 27.6. The van der Waals surface area contributed by atoms with E-state index in [1.165, 1.54) is 0 Å². The summed E-state index contributed by atoms with van der Waals surface area (Å²) in [7, 11) is 0. The van der Waals surface area contributed by atoms with Crippen molar-refractivity contribution < 1.29 is 19.4 Å². The van der Waals surface area contributed by atoms with Crippen molar-refractivity contribution in [1.29, 1.82) is 0 Å². The van der Waals surface area contributed by atoms with Crippen molar-refractivity contribution in [3.8, 4) is 11.1 Å². The van der Waals surface area contributed by atoms with Gasteiger partial charge >= 0.3 is 176 Å². The van der Waals surface area contributed by atoms with Gasteiger partial charge < -0.3 is 10.4 Å². The molecule has 1 unspecified atom stereocenters. The van der Waals surface area contributed by atoms with E-state index in [9.17, 15) is 9.59 Å². The number of carbonyl (C=O) groups is 2. The van der Waals surface area contributed by atoms with Crippen LogP contribution in [0, 0.1) is 0 Å². The number of halogens is 1. The monoisotopic (exact) mass is 643 g/mol. The van der Waals surface area contributed by atoms with Crippen molar-refractivity contribution in [3.63, 3.8) is 0 Å². The summed E-state index contributed by atoms with van der Waals surface area (Å²) >= 11 is -1.09. The molecule has 4 rings (SSSR count). The van der Waals surface area contributed by atoms with Crippen LogP contribution in [0.2, 0.25) is 0 Å². The van der Waals surface area contributed by atoms with Crippen LogP contribution in [0.5, 0.6) is 0 Å². The van der Waals surface area contributed by atoms with Crippen molar-refractivity contribution in [1.82, 2.24) is 3.11 Å². The molecular formula is C31H38IN3O4. The number of aryl methyl sites for hydroxylation is 1. The van der Waals surface area contributed by atoms with Crippen LogP contribution in [0.25, 0.3) is 11.1 Å². The third kappa shape index (κ3) is 8.78. The number of piperidine rings is 1. The van der Waals surface area contributed by atoms with Gasteiger partial charge in [0.25, 0.3) is 0 Å². The molecular weight excluding hydrogens is 605 g/mol. The molecule has 2 amide bonds. The molecule has 1 atom stereocenters. The molecule has 0 saturated carbocycles. The van der Waals surface area contributed by atoms with Crippen molar-refractivity contribution >= 4 is 43.5 Å². The van der Waals surface area contributed by atoms with Crippen LogP contribution < -0.4 is 10.6 Å². The van der Waals surface area contributed by atoms with Gasteiger partial charge in [0.15, 0.2) is 0 Å². The standard InChI is InChI=1S/C31H38IN3O4/c1-32(2)35-19-7-11-27(21-35)39-31(38)34-29-20-23(15-18-28(29)25-9-4-3-5-10-25)8-6-12-30(37)33-26-16-13-24(22-36)14-17-26/h3-5,9-10,13-18,20,27,36H,6-8,11-12,19,21-22H2,1-2H3,(H,33,37)(H,34,38). The molecule has 0 aromatic heterocycles. The van der Waals surface area contributed by atoms with Crippen LogP contribution in [-0.4, -0.2) is 49.3 Å². The fourth-order valence-electron chi connectivity index (χ4n) is 4.68. The molecule has 0 radical (unpaired) electrons. The molecule has 1 fully saturated rings. The average molecular weight is 644 g/mol. The van der Waals surface area contributed by atoms with E-state index in [-0.39, 0.29) is 18.6 Å². The van der Waals surface area contributed by atoms with E-state index >= 15 is 0 Å². The second-order valence-electron chi connectivity index (χ2n) is 9.88. The summed E-state index contributed by atoms with van der Waals surface area (Å²) in [5.74, 6) is -0.0547. The summed E-state index contributed by atoms with van der Waals surface area (Å²) in [5, 5.41) is 15.1. The number of carbonyl (C=O) groups excluding carboxylic acids is 2. The summed E-state index contributed by atoms with van der Waals surface area (Å²) < 4.78 is 8.36. The Morgan fingerprint density at radius 1 is 1.00 bits per heavy atom. The molecule has 0 bridgehead atoms. The van der Waals surface area contributed by atoms with Gasteiger partial charge in [-0.05, 0) is 17.7 Å². The van der Waals surface area contributed by atoms with E-state index in [4.69, 9.17) is 9.84 Å². The van der Waals surface area contributed by atoms with E-state index in [2.05, 4.69) is 29.7 Å². The molecule has 3 aromatic carbocycles. The summed E-state index contributed by atoms with van der Waals surface area (Å²) in [6.07, 6.45) is 3.20. The minimum atomic E-state index is -1.09. The molecule has 1 heterocycles. The maximum atomic E-state index is 13.0. The van der Waals surface area contributed by atoms with Crippen molar-refractivity contribution in [2.24, 2.45) is 0 Å². The Morgan fingerprint density at radius 3 is 2.46 bits per heavy atom. The van der Waals surface area contributed by atoms with Crippen LogP contribution >= 0.6 is 20.1 Å². The number of anilines is 2. The van der Waals surface area contributed by atoms with E-state index in [1.807, 2.05) is 42.5 Å². The second kappa shape index (κ2) is 14.4. The number of hydrogen-bond acceptors (Lipinski definition) is 5. The van der Waals surface area contributed by atoms with Gasteiger partial charge in [-0.2, -0.15) is 0 Å². The van der Waals surface area contributed by atoms with Gasteiger partial charge in [-0.25, -0.2) is 0 Å². The number of ether oxygens (including phenoxy) is 1. The quantitative estimate of drug-likeness (QED) is 0.133. The summed E-state index contributed by atoms with van der Waals surface area (Å²) in [5.41, 5.74) is 5.22. The summed E-state index contributed by atoms with van der Waals surface area (Å²) in [6.45, 7) is 1.91. The first-order valence-corrected chi connectivity index (χ1v) is 18.6. The number of benzene rings is 3. The van der Waals surface area contributed by atoms with E-state index in [0.717, 1.165) is 48.2 Å². The first kappa shape index (κ1) is 29.0. The van der Waals surface area contributed by atoms with Crippen molar-refractivity contribution in [2.75, 3.05) is 33.6 Å². The molecule has 0 aliphatic carbocycles. The number of aliphatic hydroxyl groups is 1. The van der Waals surface area contributed by atoms with Gasteiger partial charge in [0.2, 0.25) is 5.91 Å². The molecule has 7 nitrogen and oxygen atoms in total. The Bertz CT molecular complexity index is 1230. The van der Waals surface area contributed by atoms with E-state index in [1.54, 1.807) is 24.3 Å². The Balaban J connectivity index is 1.38. The molecule has 39 heavy (non-hydrogen) atoms. The Morgan fingerprint density at radius 2 is 1.74 bits per heavy atom. The van der Waals surface area contributed by atoms with Gasteiger partial charge in [0.05, 0.1) is 6.61 Å². The zero-order valence-corrected chi connectivity index (χ0v) is 24.8. The number of amides is 2. The Labute approximate surface area is 238 Å². The number of rotatable bonds is 10. The van der Waals surface area contributed by atoms with Crippen LogP contribution in [0.15, 0.2) is 72.8 Å². The van der Waals surface area contributed by atoms with Gasteiger partial charge in [0, 0.05) is 5.69 Å². The van der Waals surface area contributed by atoms with Crippen molar-refractivity contribution in [3.05, 3.63) is 83.9 Å². The fraction of sp³-hybridized carbons (Fsp3) is 0.355. The van der Waals surface area contributed by atoms with E-state index < -0.39 is 26.2 Å². The molecule has 208 valence electrons. The number of aliphatic hydroxyl groups excluding tert-OH is 1. The van der Waals surface area contributed by atoms with Crippen LogP contribution in [0.3, 0.4) is 0 Å². The first-order chi connectivity index (χ1) is 18.9. The molecule has 8 heteroatoms. The van der Waals surface area contributed by atoms with E-state index in [0.29, 0.717) is 30.6 Å². The third-order valence-electron chi connectivity index (χ3n) is 6.78. The molecule has 1 aliphatic rings. The molecule has 1 aliphatic heterocycles. The predicted molar refractivity (Wildman–Crippen MR) is 166 cm³/mol. The summed E-state index contributed by atoms with van der Waals surface area (Å²) in [6, 6.07) is 23.2. The molecule has 0 spiro atoms. The van der Waals surface area contributed by atoms with Gasteiger partial charge in [-0.3, -0.25) is 4.79 Å². The molecule has 1 saturated heterocycles. The van der Waals surface area contributed by atoms with Gasteiger partial charge in [-0.15, -0.1) is 0 Å². The maximum absolute atomic E-state index is 13.0. The van der Waals surface area contributed by atoms with Crippen LogP contribution in [-0.2, 0) is 22.6 Å². The van der Waals surface area contributed by atoms with Crippen LogP contribution in [0.1, 0.15) is 36.8 Å². The normalized spacial score (nSPS) is 15.9. The second-order valence-corrected chi connectivity index (χ2v) is 15.3. The van der Waals surface area contributed by atoms with Crippen LogP contribution in [0.4, 0.5) is 16.2 Å². The minimum absolute atomic E-state index is 0.0231. The average Bonchev–Trinajstić information content (AvgIpc) is 2.94. The number of alkyl halides is 2. The fourth-order valence-corrected chi connectivity index (χ4v) is 7.21. The number of hydrogen-bond donors (Lipinski definition) is 3. The first-order valence-electron chi connectivity index (χ1n) is 13.3. The Kier molecular flexibility index (Phi) is 10.8. The topological polar surface area (TPSA) is 90.9 Å². The van der Waals surface area contributed by atoms with Gasteiger partial charge in [-0.1, -0.05) is 12.1 Å².